The summed E-state index contributed by atoms with van der Waals surface area (Å²) < 4.78 is 5.94. The van der Waals surface area contributed by atoms with Crippen LogP contribution in [0.2, 0.25) is 0 Å². The number of carbonyl (C=O) groups is 2. The molecular weight excluding hydrogens is 312 g/mol. The van der Waals surface area contributed by atoms with Crippen molar-refractivity contribution < 1.29 is 14.3 Å². The summed E-state index contributed by atoms with van der Waals surface area (Å²) in [5.41, 5.74) is -0.241. The van der Waals surface area contributed by atoms with Crippen molar-refractivity contribution >= 4 is 23.2 Å². The number of likely N-dealkylation sites (tertiary alicyclic amines) is 1. The lowest BCUT2D eigenvalue weighted by Gasteiger charge is -2.47. The van der Waals surface area contributed by atoms with Crippen LogP contribution >= 0.6 is 11.3 Å². The summed E-state index contributed by atoms with van der Waals surface area (Å²) in [7, 11) is 0. The standard InChI is InChI=1S/C17H22N2O3S/c20-15-11-22-17(12-19(15)10-13-3-4-13)5-7-18(8-6-17)16(21)14-2-1-9-23-14/h1-2,9,13H,3-8,10-12H2. The molecular formula is C17H22N2O3S. The molecule has 3 heterocycles. The van der Waals surface area contributed by atoms with Crippen LogP contribution in [0.15, 0.2) is 17.5 Å². The highest BCUT2D eigenvalue weighted by Crippen LogP contribution is 2.35. The Morgan fingerprint density at radius 2 is 2.13 bits per heavy atom. The van der Waals surface area contributed by atoms with Gasteiger partial charge in [-0.25, -0.2) is 0 Å². The third-order valence-electron chi connectivity index (χ3n) is 5.20. The number of morpholine rings is 1. The van der Waals surface area contributed by atoms with E-state index in [0.29, 0.717) is 25.6 Å². The number of hydrogen-bond acceptors (Lipinski definition) is 4. The summed E-state index contributed by atoms with van der Waals surface area (Å²) in [6, 6.07) is 3.79. The van der Waals surface area contributed by atoms with Crippen LogP contribution in [0.4, 0.5) is 0 Å². The lowest BCUT2D eigenvalue weighted by atomic mass is 9.89. The largest absolute Gasteiger partial charge is 0.363 e. The molecule has 4 rings (SSSR count). The smallest absolute Gasteiger partial charge is 0.263 e. The maximum Gasteiger partial charge on any atom is 0.263 e. The van der Waals surface area contributed by atoms with E-state index in [-0.39, 0.29) is 24.0 Å². The Morgan fingerprint density at radius 1 is 1.35 bits per heavy atom. The van der Waals surface area contributed by atoms with Gasteiger partial charge in [0.2, 0.25) is 5.91 Å². The maximum atomic E-state index is 12.4. The highest BCUT2D eigenvalue weighted by atomic mass is 32.1. The molecule has 5 nitrogen and oxygen atoms in total. The number of nitrogens with zero attached hydrogens (tertiary/aromatic N) is 2. The van der Waals surface area contributed by atoms with Gasteiger partial charge in [-0.3, -0.25) is 9.59 Å². The molecule has 0 atom stereocenters. The Labute approximate surface area is 140 Å². The molecule has 0 radical (unpaired) electrons. The molecule has 1 aromatic rings. The number of piperidine rings is 1. The predicted octanol–water partition coefficient (Wildman–Crippen LogP) is 1.99. The summed E-state index contributed by atoms with van der Waals surface area (Å²) in [6.07, 6.45) is 4.14. The second-order valence-corrected chi connectivity index (χ2v) is 7.91. The first kappa shape index (κ1) is 15.1. The monoisotopic (exact) mass is 334 g/mol. The topological polar surface area (TPSA) is 49.9 Å². The van der Waals surface area contributed by atoms with Crippen molar-refractivity contribution in [1.82, 2.24) is 9.80 Å². The Morgan fingerprint density at radius 3 is 2.78 bits per heavy atom. The van der Waals surface area contributed by atoms with E-state index < -0.39 is 0 Å². The van der Waals surface area contributed by atoms with Gasteiger partial charge in [0.1, 0.15) is 6.61 Å². The van der Waals surface area contributed by atoms with Gasteiger partial charge in [0, 0.05) is 26.2 Å². The second kappa shape index (κ2) is 5.91. The summed E-state index contributed by atoms with van der Waals surface area (Å²) in [6.45, 7) is 3.21. The lowest BCUT2D eigenvalue weighted by molar-refractivity contribution is -0.170. The molecule has 23 heavy (non-hydrogen) atoms. The maximum absolute atomic E-state index is 12.4. The van der Waals surface area contributed by atoms with Crippen LogP contribution in [0.1, 0.15) is 35.4 Å². The van der Waals surface area contributed by atoms with Gasteiger partial charge in [0.25, 0.3) is 5.91 Å². The van der Waals surface area contributed by atoms with Crippen LogP contribution in [0.5, 0.6) is 0 Å². The van der Waals surface area contributed by atoms with Gasteiger partial charge in [-0.05, 0) is 43.0 Å². The molecule has 124 valence electrons. The van der Waals surface area contributed by atoms with Crippen LogP contribution in [0.3, 0.4) is 0 Å². The molecule has 0 bridgehead atoms. The molecule has 0 aromatic carbocycles. The number of ether oxygens (including phenoxy) is 1. The molecule has 2 aliphatic heterocycles. The van der Waals surface area contributed by atoms with Gasteiger partial charge in [-0.2, -0.15) is 0 Å². The molecule has 3 fully saturated rings. The molecule has 0 N–H and O–H groups in total. The molecule has 2 amide bonds. The van der Waals surface area contributed by atoms with Crippen LogP contribution in [0.25, 0.3) is 0 Å². The van der Waals surface area contributed by atoms with Crippen molar-refractivity contribution in [2.75, 3.05) is 32.8 Å². The van der Waals surface area contributed by atoms with Crippen LogP contribution in [-0.4, -0.2) is 60.0 Å². The quantitative estimate of drug-likeness (QED) is 0.849. The molecule has 2 saturated heterocycles. The van der Waals surface area contributed by atoms with Crippen molar-refractivity contribution in [3.05, 3.63) is 22.4 Å². The van der Waals surface area contributed by atoms with Gasteiger partial charge in [-0.1, -0.05) is 6.07 Å². The zero-order valence-electron chi connectivity index (χ0n) is 13.2. The first-order valence-corrected chi connectivity index (χ1v) is 9.28. The zero-order chi connectivity index (χ0) is 15.9. The highest BCUT2D eigenvalue weighted by Gasteiger charge is 2.44. The van der Waals surface area contributed by atoms with Crippen molar-refractivity contribution in [3.63, 3.8) is 0 Å². The van der Waals surface area contributed by atoms with E-state index in [1.54, 1.807) is 0 Å². The van der Waals surface area contributed by atoms with E-state index in [0.717, 1.165) is 24.3 Å². The molecule has 0 unspecified atom stereocenters. The Kier molecular flexibility index (Phi) is 3.89. The van der Waals surface area contributed by atoms with Crippen LogP contribution in [0, 0.1) is 5.92 Å². The van der Waals surface area contributed by atoms with Crippen LogP contribution < -0.4 is 0 Å². The van der Waals surface area contributed by atoms with E-state index in [1.807, 2.05) is 27.3 Å². The average Bonchev–Trinajstić information content (AvgIpc) is 3.21. The zero-order valence-corrected chi connectivity index (χ0v) is 14.0. The number of carbonyl (C=O) groups excluding carboxylic acids is 2. The molecule has 1 spiro atoms. The van der Waals surface area contributed by atoms with Crippen molar-refractivity contribution in [1.29, 1.82) is 0 Å². The van der Waals surface area contributed by atoms with Gasteiger partial charge in [-0.15, -0.1) is 11.3 Å². The van der Waals surface area contributed by atoms with Gasteiger partial charge in [0.05, 0.1) is 10.5 Å². The minimum Gasteiger partial charge on any atom is -0.363 e. The minimum absolute atomic E-state index is 0.122. The Bertz CT molecular complexity index is 589. The summed E-state index contributed by atoms with van der Waals surface area (Å²) in [5, 5.41) is 1.93. The SMILES string of the molecule is O=C1COC2(CCN(C(=O)c3cccs3)CC2)CN1CC1CC1. The normalized spacial score (nSPS) is 24.3. The molecule has 1 saturated carbocycles. The fraction of sp³-hybridized carbons (Fsp3) is 0.647. The molecule has 1 aliphatic carbocycles. The summed E-state index contributed by atoms with van der Waals surface area (Å²) >= 11 is 1.49. The van der Waals surface area contributed by atoms with Crippen molar-refractivity contribution in [2.45, 2.75) is 31.3 Å². The van der Waals surface area contributed by atoms with E-state index in [1.165, 1.54) is 24.2 Å². The van der Waals surface area contributed by atoms with Crippen molar-refractivity contribution in [2.24, 2.45) is 5.92 Å². The fourth-order valence-corrected chi connectivity index (χ4v) is 4.23. The summed E-state index contributed by atoms with van der Waals surface area (Å²) in [4.78, 5) is 29.2. The highest BCUT2D eigenvalue weighted by molar-refractivity contribution is 7.12. The third kappa shape index (κ3) is 3.15. The Balaban J connectivity index is 1.38. The Hall–Kier alpha value is -1.40. The molecule has 3 aliphatic rings. The number of rotatable bonds is 3. The van der Waals surface area contributed by atoms with E-state index in [2.05, 4.69) is 0 Å². The predicted molar refractivity (Wildman–Crippen MR) is 87.4 cm³/mol. The molecule has 1 aromatic heterocycles. The van der Waals surface area contributed by atoms with Gasteiger partial charge in [0.15, 0.2) is 0 Å². The fourth-order valence-electron chi connectivity index (χ4n) is 3.54. The van der Waals surface area contributed by atoms with Crippen LogP contribution in [-0.2, 0) is 9.53 Å². The first-order valence-electron chi connectivity index (χ1n) is 8.40. The van der Waals surface area contributed by atoms with Gasteiger partial charge >= 0.3 is 0 Å². The van der Waals surface area contributed by atoms with Gasteiger partial charge < -0.3 is 14.5 Å². The van der Waals surface area contributed by atoms with E-state index in [9.17, 15) is 9.59 Å². The van der Waals surface area contributed by atoms with Crippen molar-refractivity contribution in [3.8, 4) is 0 Å². The lowest BCUT2D eigenvalue weighted by Crippen LogP contribution is -2.59. The average molecular weight is 334 g/mol. The number of thiophene rings is 1. The third-order valence-corrected chi connectivity index (χ3v) is 6.06. The first-order chi connectivity index (χ1) is 11.2. The molecule has 6 heteroatoms. The number of amides is 2. The van der Waals surface area contributed by atoms with E-state index >= 15 is 0 Å². The minimum atomic E-state index is -0.241. The number of hydrogen-bond donors (Lipinski definition) is 0. The van der Waals surface area contributed by atoms with E-state index in [4.69, 9.17) is 4.74 Å². The second-order valence-electron chi connectivity index (χ2n) is 6.96. The summed E-state index contributed by atoms with van der Waals surface area (Å²) in [5.74, 6) is 0.950.